The second-order valence-electron chi connectivity index (χ2n) is 3.26. The molecule has 0 unspecified atom stereocenters. The molecule has 6 heteroatoms. The Bertz CT molecular complexity index is 506. The summed E-state index contributed by atoms with van der Waals surface area (Å²) in [7, 11) is 0. The molecule has 2 rings (SSSR count). The summed E-state index contributed by atoms with van der Waals surface area (Å²) in [6.07, 6.45) is 3.94. The number of nitrogens with zero attached hydrogens (tertiary/aromatic N) is 4. The van der Waals surface area contributed by atoms with Gasteiger partial charge in [-0.25, -0.2) is 9.50 Å². The summed E-state index contributed by atoms with van der Waals surface area (Å²) < 4.78 is 1.56. The highest BCUT2D eigenvalue weighted by Gasteiger charge is 2.03. The van der Waals surface area contributed by atoms with Crippen LogP contribution in [0.5, 0.6) is 0 Å². The van der Waals surface area contributed by atoms with Crippen LogP contribution >= 0.6 is 0 Å². The van der Waals surface area contributed by atoms with E-state index in [-0.39, 0.29) is 6.42 Å². The van der Waals surface area contributed by atoms with Gasteiger partial charge in [0.15, 0.2) is 0 Å². The average Bonchev–Trinajstić information content (AvgIpc) is 2.53. The van der Waals surface area contributed by atoms with Gasteiger partial charge in [-0.05, 0) is 18.9 Å². The lowest BCUT2D eigenvalue weighted by Crippen LogP contribution is -2.00. The second kappa shape index (κ2) is 3.64. The minimum absolute atomic E-state index is 0.0981. The number of carbonyl (C=O) groups is 1. The number of aliphatic carboxylic acids is 1. The lowest BCUT2D eigenvalue weighted by molar-refractivity contribution is -0.136. The van der Waals surface area contributed by atoms with Crippen molar-refractivity contribution < 1.29 is 9.90 Å². The predicted molar refractivity (Wildman–Crippen MR) is 51.5 cm³/mol. The highest BCUT2D eigenvalue weighted by molar-refractivity contribution is 5.67. The van der Waals surface area contributed by atoms with Gasteiger partial charge in [-0.2, -0.15) is 10.1 Å². The monoisotopic (exact) mass is 206 g/mol. The molecule has 0 saturated heterocycles. The van der Waals surface area contributed by atoms with Crippen LogP contribution in [0.25, 0.3) is 5.78 Å². The van der Waals surface area contributed by atoms with Crippen molar-refractivity contribution in [2.24, 2.45) is 0 Å². The van der Waals surface area contributed by atoms with Gasteiger partial charge in [0.25, 0.3) is 5.78 Å². The fourth-order valence-corrected chi connectivity index (χ4v) is 1.30. The van der Waals surface area contributed by atoms with Crippen LogP contribution in [-0.4, -0.2) is 30.7 Å². The van der Waals surface area contributed by atoms with E-state index in [0.717, 1.165) is 5.56 Å². The molecular formula is C9H10N4O2. The zero-order valence-corrected chi connectivity index (χ0v) is 8.21. The number of aryl methyl sites for hydroxylation is 2. The van der Waals surface area contributed by atoms with E-state index in [1.54, 1.807) is 23.8 Å². The van der Waals surface area contributed by atoms with Crippen molar-refractivity contribution >= 4 is 11.7 Å². The van der Waals surface area contributed by atoms with Gasteiger partial charge in [0.05, 0.1) is 0 Å². The summed E-state index contributed by atoms with van der Waals surface area (Å²) in [6, 6.07) is 0. The molecule has 0 saturated carbocycles. The molecule has 2 aromatic rings. The third-order valence-corrected chi connectivity index (χ3v) is 1.98. The van der Waals surface area contributed by atoms with Gasteiger partial charge in [-0.15, -0.1) is 0 Å². The number of rotatable bonds is 3. The van der Waals surface area contributed by atoms with Crippen LogP contribution in [-0.2, 0) is 11.2 Å². The Labute approximate surface area is 85.6 Å². The standard InChI is InChI=1S/C9H10N4O2/c1-6-11-9-10-4-7(2-3-8(14)15)5-13(9)12-6/h4-5H,2-3H2,1H3,(H,14,15). The van der Waals surface area contributed by atoms with Crippen LogP contribution < -0.4 is 0 Å². The summed E-state index contributed by atoms with van der Waals surface area (Å²) in [6.45, 7) is 1.78. The van der Waals surface area contributed by atoms with Gasteiger partial charge in [0, 0.05) is 18.8 Å². The zero-order chi connectivity index (χ0) is 10.8. The van der Waals surface area contributed by atoms with Crippen LogP contribution in [0.1, 0.15) is 17.8 Å². The van der Waals surface area contributed by atoms with Crippen molar-refractivity contribution in [2.75, 3.05) is 0 Å². The summed E-state index contributed by atoms with van der Waals surface area (Å²) >= 11 is 0. The highest BCUT2D eigenvalue weighted by Crippen LogP contribution is 2.03. The molecule has 2 heterocycles. The van der Waals surface area contributed by atoms with Crippen molar-refractivity contribution in [2.45, 2.75) is 19.8 Å². The Morgan fingerprint density at radius 1 is 1.60 bits per heavy atom. The number of fused-ring (bicyclic) bond motifs is 1. The lowest BCUT2D eigenvalue weighted by Gasteiger charge is -1.97. The quantitative estimate of drug-likeness (QED) is 0.788. The molecule has 1 N–H and O–H groups in total. The molecule has 0 aliphatic rings. The topological polar surface area (TPSA) is 80.4 Å². The molecule has 0 aliphatic carbocycles. The van der Waals surface area contributed by atoms with E-state index in [4.69, 9.17) is 5.11 Å². The van der Waals surface area contributed by atoms with Gasteiger partial charge in [-0.3, -0.25) is 4.79 Å². The second-order valence-corrected chi connectivity index (χ2v) is 3.26. The van der Waals surface area contributed by atoms with Gasteiger partial charge in [0.1, 0.15) is 5.82 Å². The van der Waals surface area contributed by atoms with Crippen molar-refractivity contribution in [1.29, 1.82) is 0 Å². The maximum atomic E-state index is 10.4. The summed E-state index contributed by atoms with van der Waals surface area (Å²) in [5, 5.41) is 12.6. The third kappa shape index (κ3) is 2.09. The molecule has 0 bridgehead atoms. The third-order valence-electron chi connectivity index (χ3n) is 1.98. The summed E-state index contributed by atoms with van der Waals surface area (Å²) in [4.78, 5) is 18.5. The van der Waals surface area contributed by atoms with Crippen molar-refractivity contribution in [3.8, 4) is 0 Å². The van der Waals surface area contributed by atoms with Gasteiger partial charge >= 0.3 is 5.97 Å². The number of hydrogen-bond donors (Lipinski definition) is 1. The molecule has 0 atom stereocenters. The molecule has 0 aromatic carbocycles. The van der Waals surface area contributed by atoms with E-state index in [1.807, 2.05) is 0 Å². The Hall–Kier alpha value is -1.98. The Morgan fingerprint density at radius 2 is 2.40 bits per heavy atom. The summed E-state index contributed by atoms with van der Waals surface area (Å²) in [5.41, 5.74) is 0.842. The maximum absolute atomic E-state index is 10.4. The van der Waals surface area contributed by atoms with Crippen molar-refractivity contribution in [3.63, 3.8) is 0 Å². The van der Waals surface area contributed by atoms with Gasteiger partial charge in [0.2, 0.25) is 0 Å². The molecule has 15 heavy (non-hydrogen) atoms. The maximum Gasteiger partial charge on any atom is 0.303 e. The molecule has 2 aromatic heterocycles. The molecule has 0 radical (unpaired) electrons. The first-order chi connectivity index (χ1) is 7.15. The number of carboxylic acids is 1. The van der Waals surface area contributed by atoms with Crippen LogP contribution in [0, 0.1) is 6.92 Å². The largest absolute Gasteiger partial charge is 0.481 e. The molecule has 0 spiro atoms. The van der Waals surface area contributed by atoms with E-state index in [9.17, 15) is 4.79 Å². The first-order valence-electron chi connectivity index (χ1n) is 4.55. The highest BCUT2D eigenvalue weighted by atomic mass is 16.4. The number of carboxylic acid groups (broad SMARTS) is 1. The van der Waals surface area contributed by atoms with E-state index < -0.39 is 5.97 Å². The van der Waals surface area contributed by atoms with Crippen LogP contribution in [0.15, 0.2) is 12.4 Å². The smallest absolute Gasteiger partial charge is 0.303 e. The average molecular weight is 206 g/mol. The lowest BCUT2D eigenvalue weighted by atomic mass is 10.2. The molecule has 0 amide bonds. The van der Waals surface area contributed by atoms with Gasteiger partial charge in [-0.1, -0.05) is 0 Å². The SMILES string of the molecule is Cc1nc2ncc(CCC(=O)O)cn2n1. The van der Waals surface area contributed by atoms with Crippen molar-refractivity contribution in [3.05, 3.63) is 23.8 Å². The molecular weight excluding hydrogens is 196 g/mol. The van der Waals surface area contributed by atoms with E-state index in [0.29, 0.717) is 18.0 Å². The fourth-order valence-electron chi connectivity index (χ4n) is 1.30. The Morgan fingerprint density at radius 3 is 3.13 bits per heavy atom. The minimum atomic E-state index is -0.815. The molecule has 0 fully saturated rings. The number of hydrogen-bond acceptors (Lipinski definition) is 4. The van der Waals surface area contributed by atoms with Crippen LogP contribution in [0.3, 0.4) is 0 Å². The normalized spacial score (nSPS) is 10.7. The van der Waals surface area contributed by atoms with Crippen LogP contribution in [0.4, 0.5) is 0 Å². The van der Waals surface area contributed by atoms with E-state index in [2.05, 4.69) is 15.1 Å². The first kappa shape index (κ1) is 9.57. The van der Waals surface area contributed by atoms with E-state index >= 15 is 0 Å². The molecule has 78 valence electrons. The molecule has 0 aliphatic heterocycles. The van der Waals surface area contributed by atoms with Crippen molar-refractivity contribution in [1.82, 2.24) is 19.6 Å². The number of aromatic nitrogens is 4. The zero-order valence-electron chi connectivity index (χ0n) is 8.21. The van der Waals surface area contributed by atoms with E-state index in [1.165, 1.54) is 0 Å². The predicted octanol–water partition coefficient (Wildman–Crippen LogP) is 0.450. The molecule has 6 nitrogen and oxygen atoms in total. The summed E-state index contributed by atoms with van der Waals surface area (Å²) in [5.74, 6) is 0.370. The minimum Gasteiger partial charge on any atom is -0.481 e. The first-order valence-corrected chi connectivity index (χ1v) is 4.55. The van der Waals surface area contributed by atoms with Crippen LogP contribution in [0.2, 0.25) is 0 Å². The Balaban J connectivity index is 2.26. The fraction of sp³-hybridized carbons (Fsp3) is 0.333. The Kier molecular flexibility index (Phi) is 2.32. The van der Waals surface area contributed by atoms with Gasteiger partial charge < -0.3 is 5.11 Å².